The lowest BCUT2D eigenvalue weighted by molar-refractivity contribution is -0.122. The first kappa shape index (κ1) is 18.5. The van der Waals surface area contributed by atoms with Gasteiger partial charge in [0.25, 0.3) is 0 Å². The van der Waals surface area contributed by atoms with Crippen LogP contribution in [0.5, 0.6) is 17.2 Å². The van der Waals surface area contributed by atoms with Gasteiger partial charge in [-0.15, -0.1) is 0 Å². The van der Waals surface area contributed by atoms with Crippen LogP contribution in [0.25, 0.3) is 0 Å². The number of ether oxygens (including phenoxy) is 2. The molecule has 2 aromatic rings. The van der Waals surface area contributed by atoms with Crippen molar-refractivity contribution in [2.24, 2.45) is 5.73 Å². The highest BCUT2D eigenvalue weighted by Gasteiger charge is 2.21. The number of benzene rings is 2. The molecule has 0 spiro atoms. The lowest BCUT2D eigenvalue weighted by Gasteiger charge is -2.16. The average molecular weight is 338 g/mol. The molecule has 0 aromatic heterocycles. The Kier molecular flexibility index (Phi) is 5.79. The summed E-state index contributed by atoms with van der Waals surface area (Å²) < 4.78 is 11.2. The Morgan fingerprint density at radius 2 is 1.80 bits per heavy atom. The monoisotopic (exact) mass is 338 g/mol. The second-order valence-corrected chi connectivity index (χ2v) is 6.27. The summed E-state index contributed by atoms with van der Waals surface area (Å²) >= 11 is 0. The zero-order valence-corrected chi connectivity index (χ0v) is 14.7. The van der Waals surface area contributed by atoms with Crippen LogP contribution in [0.2, 0.25) is 0 Å². The van der Waals surface area contributed by atoms with Crippen molar-refractivity contribution in [3.63, 3.8) is 0 Å². The Labute approximate surface area is 148 Å². The second kappa shape index (κ2) is 7.82. The van der Waals surface area contributed by atoms with Gasteiger partial charge in [0.05, 0.1) is 17.7 Å². The standard InChI is InChI=1S/C20H22N2O3/c1-4-24-18-12-17(10-7-15(18)13-21)25-16-8-5-14(6-9-16)11-19(23)20(2,3)22/h5-10,12H,4,11,22H2,1-3H3. The van der Waals surface area contributed by atoms with Crippen molar-refractivity contribution < 1.29 is 14.3 Å². The van der Waals surface area contributed by atoms with Crippen molar-refractivity contribution >= 4 is 5.78 Å². The first-order valence-electron chi connectivity index (χ1n) is 8.09. The first-order chi connectivity index (χ1) is 11.8. The summed E-state index contributed by atoms with van der Waals surface area (Å²) in [7, 11) is 0. The molecule has 130 valence electrons. The quantitative estimate of drug-likeness (QED) is 0.833. The molecule has 0 radical (unpaired) electrons. The molecule has 0 aliphatic carbocycles. The maximum absolute atomic E-state index is 12.0. The number of rotatable bonds is 7. The molecule has 0 unspecified atom stereocenters. The van der Waals surface area contributed by atoms with E-state index in [0.717, 1.165) is 5.56 Å². The Morgan fingerprint density at radius 3 is 2.36 bits per heavy atom. The number of nitrogens with two attached hydrogens (primary N) is 1. The Balaban J connectivity index is 2.10. The first-order valence-corrected chi connectivity index (χ1v) is 8.09. The van der Waals surface area contributed by atoms with Gasteiger partial charge in [0.1, 0.15) is 23.3 Å². The largest absolute Gasteiger partial charge is 0.492 e. The van der Waals surface area contributed by atoms with Gasteiger partial charge in [-0.3, -0.25) is 4.79 Å². The maximum Gasteiger partial charge on any atom is 0.156 e. The number of carbonyl (C=O) groups is 1. The van der Waals surface area contributed by atoms with Crippen LogP contribution in [0.1, 0.15) is 31.9 Å². The summed E-state index contributed by atoms with van der Waals surface area (Å²) in [5, 5.41) is 9.08. The smallest absolute Gasteiger partial charge is 0.156 e. The fourth-order valence-electron chi connectivity index (χ4n) is 2.16. The van der Waals surface area contributed by atoms with Crippen LogP contribution < -0.4 is 15.2 Å². The van der Waals surface area contributed by atoms with E-state index < -0.39 is 5.54 Å². The molecule has 5 nitrogen and oxygen atoms in total. The summed E-state index contributed by atoms with van der Waals surface area (Å²) in [6.45, 7) is 5.73. The van der Waals surface area contributed by atoms with E-state index in [1.807, 2.05) is 19.1 Å². The van der Waals surface area contributed by atoms with Gasteiger partial charge >= 0.3 is 0 Å². The van der Waals surface area contributed by atoms with E-state index in [9.17, 15) is 4.79 Å². The van der Waals surface area contributed by atoms with Crippen molar-refractivity contribution in [1.82, 2.24) is 0 Å². The third-order valence-electron chi connectivity index (χ3n) is 3.62. The normalized spacial score (nSPS) is 10.8. The van der Waals surface area contributed by atoms with Crippen LogP contribution in [0, 0.1) is 11.3 Å². The zero-order valence-electron chi connectivity index (χ0n) is 14.7. The molecule has 0 aliphatic heterocycles. The van der Waals surface area contributed by atoms with Crippen LogP contribution in [0.4, 0.5) is 0 Å². The Morgan fingerprint density at radius 1 is 1.16 bits per heavy atom. The van der Waals surface area contributed by atoms with E-state index >= 15 is 0 Å². The van der Waals surface area contributed by atoms with Crippen LogP contribution in [-0.4, -0.2) is 17.9 Å². The lowest BCUT2D eigenvalue weighted by atomic mass is 9.95. The highest BCUT2D eigenvalue weighted by Crippen LogP contribution is 2.28. The van der Waals surface area contributed by atoms with Crippen LogP contribution in [0.15, 0.2) is 42.5 Å². The van der Waals surface area contributed by atoms with Gasteiger partial charge in [-0.2, -0.15) is 5.26 Å². The van der Waals surface area contributed by atoms with Crippen molar-refractivity contribution in [1.29, 1.82) is 5.26 Å². The Bertz CT molecular complexity index is 784. The van der Waals surface area contributed by atoms with Gasteiger partial charge in [0, 0.05) is 12.5 Å². The van der Waals surface area contributed by atoms with E-state index in [2.05, 4.69) is 6.07 Å². The van der Waals surface area contributed by atoms with Gasteiger partial charge in [0.2, 0.25) is 0 Å². The SMILES string of the molecule is CCOc1cc(Oc2ccc(CC(=O)C(C)(C)N)cc2)ccc1C#N. The molecule has 0 heterocycles. The van der Waals surface area contributed by atoms with E-state index in [1.54, 1.807) is 44.2 Å². The minimum atomic E-state index is -0.840. The third kappa shape index (κ3) is 5.07. The molecule has 0 bridgehead atoms. The van der Waals surface area contributed by atoms with Gasteiger partial charge in [-0.25, -0.2) is 0 Å². The molecule has 0 atom stereocenters. The number of carbonyl (C=O) groups excluding carboxylic acids is 1. The summed E-state index contributed by atoms with van der Waals surface area (Å²) in [6.07, 6.45) is 0.287. The number of nitrogens with zero attached hydrogens (tertiary/aromatic N) is 1. The minimum absolute atomic E-state index is 0.0189. The molecule has 0 amide bonds. The molecule has 25 heavy (non-hydrogen) atoms. The van der Waals surface area contributed by atoms with Gasteiger partial charge in [0.15, 0.2) is 5.78 Å². The number of Topliss-reactive ketones (excluding diaryl/α,β-unsaturated/α-hetero) is 1. The fraction of sp³-hybridized carbons (Fsp3) is 0.300. The minimum Gasteiger partial charge on any atom is -0.492 e. The summed E-state index contributed by atoms with van der Waals surface area (Å²) in [5.41, 5.74) is 6.32. The molecule has 0 fully saturated rings. The molecule has 2 N–H and O–H groups in total. The molecule has 2 aromatic carbocycles. The predicted octanol–water partition coefficient (Wildman–Crippen LogP) is 3.60. The predicted molar refractivity (Wildman–Crippen MR) is 95.8 cm³/mol. The van der Waals surface area contributed by atoms with Gasteiger partial charge in [-0.1, -0.05) is 12.1 Å². The topological polar surface area (TPSA) is 85.3 Å². The van der Waals surface area contributed by atoms with Crippen molar-refractivity contribution in [3.05, 3.63) is 53.6 Å². The van der Waals surface area contributed by atoms with E-state index in [4.69, 9.17) is 20.5 Å². The third-order valence-corrected chi connectivity index (χ3v) is 3.62. The average Bonchev–Trinajstić information content (AvgIpc) is 2.56. The highest BCUT2D eigenvalue weighted by atomic mass is 16.5. The highest BCUT2D eigenvalue weighted by molar-refractivity contribution is 5.89. The molecular weight excluding hydrogens is 316 g/mol. The second-order valence-electron chi connectivity index (χ2n) is 6.27. The summed E-state index contributed by atoms with van der Waals surface area (Å²) in [5.74, 6) is 1.69. The van der Waals surface area contributed by atoms with E-state index in [0.29, 0.717) is 29.4 Å². The van der Waals surface area contributed by atoms with E-state index in [-0.39, 0.29) is 12.2 Å². The lowest BCUT2D eigenvalue weighted by Crippen LogP contribution is -2.42. The molecule has 0 saturated carbocycles. The molecule has 0 aliphatic rings. The molecule has 0 saturated heterocycles. The van der Waals surface area contributed by atoms with Crippen LogP contribution in [-0.2, 0) is 11.2 Å². The maximum atomic E-state index is 12.0. The van der Waals surface area contributed by atoms with Crippen molar-refractivity contribution in [2.75, 3.05) is 6.61 Å². The fourth-order valence-corrected chi connectivity index (χ4v) is 2.16. The van der Waals surface area contributed by atoms with Crippen molar-refractivity contribution in [2.45, 2.75) is 32.7 Å². The number of ketones is 1. The molecule has 5 heteroatoms. The number of nitriles is 1. The van der Waals surface area contributed by atoms with Crippen molar-refractivity contribution in [3.8, 4) is 23.3 Å². The summed E-state index contributed by atoms with van der Waals surface area (Å²) in [6, 6.07) is 14.4. The zero-order chi connectivity index (χ0) is 18.4. The van der Waals surface area contributed by atoms with Crippen LogP contribution in [0.3, 0.4) is 0 Å². The van der Waals surface area contributed by atoms with Gasteiger partial charge in [-0.05, 0) is 50.6 Å². The molecular formula is C20H22N2O3. The van der Waals surface area contributed by atoms with E-state index in [1.165, 1.54) is 0 Å². The number of hydrogen-bond acceptors (Lipinski definition) is 5. The summed E-state index contributed by atoms with van der Waals surface area (Å²) in [4.78, 5) is 12.0. The van der Waals surface area contributed by atoms with Gasteiger partial charge < -0.3 is 15.2 Å². The van der Waals surface area contributed by atoms with Crippen LogP contribution >= 0.6 is 0 Å². The Hall–Kier alpha value is -2.84. The number of hydrogen-bond donors (Lipinski definition) is 1. The molecule has 2 rings (SSSR count).